The van der Waals surface area contributed by atoms with Gasteiger partial charge in [-0.05, 0) is 61.6 Å². The van der Waals surface area contributed by atoms with Gasteiger partial charge in [-0.15, -0.1) is 0 Å². The Morgan fingerprint density at radius 1 is 0.684 bits per heavy atom. The lowest BCUT2D eigenvalue weighted by Gasteiger charge is -2.13. The molecule has 0 bridgehead atoms. The fraction of sp³-hybridized carbons (Fsp3) is 0.125. The molecule has 6 nitrogen and oxygen atoms in total. The van der Waals surface area contributed by atoms with Gasteiger partial charge in [-0.2, -0.15) is 0 Å². The number of nitrogens with zero attached hydrogens (tertiary/aromatic N) is 6. The molecule has 8 rings (SSSR count). The molecule has 0 spiro atoms. The molecule has 1 aromatic carbocycles. The van der Waals surface area contributed by atoms with Gasteiger partial charge in [0, 0.05) is 22.7 Å². The van der Waals surface area contributed by atoms with Crippen molar-refractivity contribution in [1.82, 2.24) is 29.1 Å². The lowest BCUT2D eigenvalue weighted by molar-refractivity contribution is 0.978. The van der Waals surface area contributed by atoms with Crippen molar-refractivity contribution < 1.29 is 0 Å². The molecule has 0 saturated carbocycles. The number of benzene rings is 1. The largest absolute Gasteiger partial charge is 0.311 e. The Hall–Kier alpha value is -4.84. The summed E-state index contributed by atoms with van der Waals surface area (Å²) in [6.07, 6.45) is 22.6. The van der Waals surface area contributed by atoms with Gasteiger partial charge in [0.25, 0.3) is 0 Å². The van der Waals surface area contributed by atoms with E-state index >= 15 is 0 Å². The van der Waals surface area contributed by atoms with Crippen LogP contribution >= 0.6 is 0 Å². The van der Waals surface area contributed by atoms with Gasteiger partial charge in [-0.25, -0.2) is 15.0 Å². The van der Waals surface area contributed by atoms with Crippen LogP contribution in [-0.4, -0.2) is 29.1 Å². The smallest absolute Gasteiger partial charge is 0.155 e. The first-order valence-corrected chi connectivity index (χ1v) is 13.1. The highest BCUT2D eigenvalue weighted by Crippen LogP contribution is 2.37. The van der Waals surface area contributed by atoms with Crippen LogP contribution < -0.4 is 0 Å². The highest BCUT2D eigenvalue weighted by molar-refractivity contribution is 6.15. The van der Waals surface area contributed by atoms with Crippen LogP contribution in [-0.2, 0) is 0 Å². The molecule has 0 radical (unpaired) electrons. The van der Waals surface area contributed by atoms with Crippen molar-refractivity contribution in [2.24, 2.45) is 0 Å². The maximum atomic E-state index is 5.33. The van der Waals surface area contributed by atoms with Crippen molar-refractivity contribution in [1.29, 1.82) is 0 Å². The SMILES string of the molecule is C1=CCCC(c2ncc(-n3c4cccnc4c4cc5c(nc43)c3ccccc3n5C3=CC=CCC3)cn2)=C1. The highest BCUT2D eigenvalue weighted by atomic mass is 15.1. The lowest BCUT2D eigenvalue weighted by atomic mass is 10.0. The molecule has 182 valence electrons. The van der Waals surface area contributed by atoms with E-state index in [0.717, 1.165) is 75.7 Å². The van der Waals surface area contributed by atoms with Gasteiger partial charge < -0.3 is 4.57 Å². The molecule has 2 aliphatic rings. The first-order valence-electron chi connectivity index (χ1n) is 13.1. The van der Waals surface area contributed by atoms with E-state index in [-0.39, 0.29) is 0 Å². The van der Waals surface area contributed by atoms with Gasteiger partial charge in [-0.1, -0.05) is 48.6 Å². The summed E-state index contributed by atoms with van der Waals surface area (Å²) in [5.74, 6) is 0.783. The van der Waals surface area contributed by atoms with Crippen LogP contribution in [0, 0.1) is 0 Å². The zero-order valence-corrected chi connectivity index (χ0v) is 20.7. The van der Waals surface area contributed by atoms with Crippen molar-refractivity contribution in [3.05, 3.63) is 103 Å². The summed E-state index contributed by atoms with van der Waals surface area (Å²) in [6.45, 7) is 0. The highest BCUT2D eigenvalue weighted by Gasteiger charge is 2.21. The number of pyridine rings is 2. The number of para-hydroxylation sites is 1. The summed E-state index contributed by atoms with van der Waals surface area (Å²) in [7, 11) is 0. The average molecular weight is 493 g/mol. The van der Waals surface area contributed by atoms with Crippen molar-refractivity contribution >= 4 is 55.3 Å². The van der Waals surface area contributed by atoms with Crippen molar-refractivity contribution in [3.63, 3.8) is 0 Å². The van der Waals surface area contributed by atoms with Crippen LogP contribution in [0.1, 0.15) is 31.5 Å². The monoisotopic (exact) mass is 492 g/mol. The minimum atomic E-state index is 0.783. The molecule has 6 aromatic rings. The number of allylic oxidation sites excluding steroid dienone is 8. The Morgan fingerprint density at radius 3 is 2.32 bits per heavy atom. The maximum absolute atomic E-state index is 5.33. The predicted molar refractivity (Wildman–Crippen MR) is 154 cm³/mol. The van der Waals surface area contributed by atoms with E-state index in [0.29, 0.717) is 0 Å². The molecular formula is C32H24N6. The second kappa shape index (κ2) is 8.35. The summed E-state index contributed by atoms with van der Waals surface area (Å²) in [5, 5.41) is 2.17. The van der Waals surface area contributed by atoms with Gasteiger partial charge in [0.1, 0.15) is 5.65 Å². The Kier molecular flexibility index (Phi) is 4.67. The van der Waals surface area contributed by atoms with Gasteiger partial charge in [-0.3, -0.25) is 9.55 Å². The van der Waals surface area contributed by atoms with Gasteiger partial charge in [0.05, 0.1) is 45.7 Å². The molecule has 0 unspecified atom stereocenters. The van der Waals surface area contributed by atoms with Gasteiger partial charge in [0.15, 0.2) is 5.82 Å². The summed E-state index contributed by atoms with van der Waals surface area (Å²) in [5.41, 5.74) is 9.39. The molecule has 0 aliphatic heterocycles. The molecule has 0 saturated heterocycles. The lowest BCUT2D eigenvalue weighted by Crippen LogP contribution is -2.01. The maximum Gasteiger partial charge on any atom is 0.155 e. The van der Waals surface area contributed by atoms with Gasteiger partial charge >= 0.3 is 0 Å². The summed E-state index contributed by atoms with van der Waals surface area (Å²) >= 11 is 0. The molecule has 5 aromatic heterocycles. The Balaban J connectivity index is 1.42. The van der Waals surface area contributed by atoms with Crippen LogP contribution in [0.3, 0.4) is 0 Å². The molecule has 0 atom stereocenters. The van der Waals surface area contributed by atoms with E-state index in [1.807, 2.05) is 24.7 Å². The third-order valence-corrected chi connectivity index (χ3v) is 7.59. The normalized spacial score (nSPS) is 15.6. The minimum Gasteiger partial charge on any atom is -0.311 e. The number of rotatable bonds is 3. The van der Waals surface area contributed by atoms with Crippen molar-refractivity contribution in [2.45, 2.75) is 25.7 Å². The van der Waals surface area contributed by atoms with Crippen molar-refractivity contribution in [2.75, 3.05) is 0 Å². The molecule has 0 amide bonds. The van der Waals surface area contributed by atoms with Crippen LogP contribution in [0.2, 0.25) is 0 Å². The van der Waals surface area contributed by atoms with E-state index in [4.69, 9.17) is 19.9 Å². The quantitative estimate of drug-likeness (QED) is 0.258. The van der Waals surface area contributed by atoms with E-state index in [1.54, 1.807) is 0 Å². The van der Waals surface area contributed by atoms with Crippen LogP contribution in [0.15, 0.2) is 97.5 Å². The summed E-state index contributed by atoms with van der Waals surface area (Å²) in [4.78, 5) is 19.6. The van der Waals surface area contributed by atoms with E-state index in [1.165, 1.54) is 16.8 Å². The summed E-state index contributed by atoms with van der Waals surface area (Å²) in [6, 6.07) is 14.9. The molecule has 0 fully saturated rings. The third-order valence-electron chi connectivity index (χ3n) is 7.59. The number of fused-ring (bicyclic) bond motifs is 6. The van der Waals surface area contributed by atoms with E-state index < -0.39 is 0 Å². The Morgan fingerprint density at radius 2 is 1.50 bits per heavy atom. The average Bonchev–Trinajstić information content (AvgIpc) is 3.49. The second-order valence-corrected chi connectivity index (χ2v) is 9.83. The van der Waals surface area contributed by atoms with Crippen molar-refractivity contribution in [3.8, 4) is 5.69 Å². The fourth-order valence-electron chi connectivity index (χ4n) is 5.84. The molecule has 5 heterocycles. The predicted octanol–water partition coefficient (Wildman–Crippen LogP) is 7.40. The minimum absolute atomic E-state index is 0.783. The number of aromatic nitrogens is 6. The summed E-state index contributed by atoms with van der Waals surface area (Å²) < 4.78 is 4.52. The number of hydrogen-bond donors (Lipinski definition) is 0. The van der Waals surface area contributed by atoms with Gasteiger partial charge in [0.2, 0.25) is 0 Å². The zero-order chi connectivity index (χ0) is 25.1. The molecule has 2 aliphatic carbocycles. The number of hydrogen-bond acceptors (Lipinski definition) is 4. The fourth-order valence-corrected chi connectivity index (χ4v) is 5.84. The topological polar surface area (TPSA) is 61.4 Å². The first-order chi connectivity index (χ1) is 18.9. The second-order valence-electron chi connectivity index (χ2n) is 9.83. The standard InChI is InChI=1S/C32H24N6/c1-3-10-21(11-4-1)31-34-19-23(20-35-31)38-27-16-9-17-33-29(27)25-18-28-30(36-32(25)38)24-14-7-8-15-26(24)37(28)22-12-5-2-6-13-22/h1-3,5,7-10,12,14-20H,4,6,11,13H2. The van der Waals surface area contributed by atoms with E-state index in [9.17, 15) is 0 Å². The zero-order valence-electron chi connectivity index (χ0n) is 20.7. The first kappa shape index (κ1) is 21.3. The molecule has 0 N–H and O–H groups in total. The van der Waals surface area contributed by atoms with Crippen LogP contribution in [0.5, 0.6) is 0 Å². The Labute approximate surface area is 219 Å². The van der Waals surface area contributed by atoms with Crippen LogP contribution in [0.4, 0.5) is 0 Å². The molecular weight excluding hydrogens is 468 g/mol. The third kappa shape index (κ3) is 3.13. The molecule has 38 heavy (non-hydrogen) atoms. The Bertz CT molecular complexity index is 2010. The van der Waals surface area contributed by atoms with E-state index in [2.05, 4.69) is 82.0 Å². The van der Waals surface area contributed by atoms with Crippen LogP contribution in [0.25, 0.3) is 61.0 Å². The molecule has 6 heteroatoms.